The third-order valence-corrected chi connectivity index (χ3v) is 6.57. The van der Waals surface area contributed by atoms with Crippen molar-refractivity contribution < 1.29 is 22.7 Å². The van der Waals surface area contributed by atoms with Gasteiger partial charge in [0.15, 0.2) is 6.61 Å². The van der Waals surface area contributed by atoms with Crippen molar-refractivity contribution >= 4 is 50.8 Å². The highest BCUT2D eigenvalue weighted by molar-refractivity contribution is 7.89. The zero-order chi connectivity index (χ0) is 22.1. The minimum atomic E-state index is -3.91. The molecular weight excluding hydrogens is 451 g/mol. The van der Waals surface area contributed by atoms with Gasteiger partial charge in [-0.2, -0.15) is 0 Å². The number of anilines is 1. The first-order chi connectivity index (χ1) is 14.0. The van der Waals surface area contributed by atoms with Crippen molar-refractivity contribution in [2.45, 2.75) is 37.6 Å². The second-order valence-electron chi connectivity index (χ2n) is 7.16. The second kappa shape index (κ2) is 8.93. The van der Waals surface area contributed by atoms with E-state index in [1.165, 1.54) is 0 Å². The van der Waals surface area contributed by atoms with Gasteiger partial charge in [-0.1, -0.05) is 29.3 Å². The van der Waals surface area contributed by atoms with Crippen LogP contribution in [-0.2, 0) is 19.6 Å². The molecule has 0 saturated heterocycles. The van der Waals surface area contributed by atoms with E-state index in [1.54, 1.807) is 12.1 Å². The van der Waals surface area contributed by atoms with Crippen LogP contribution in [0.25, 0.3) is 0 Å². The molecule has 1 aliphatic rings. The van der Waals surface area contributed by atoms with E-state index in [4.69, 9.17) is 27.9 Å². The van der Waals surface area contributed by atoms with Crippen molar-refractivity contribution in [2.75, 3.05) is 11.9 Å². The number of rotatable bonds is 7. The summed E-state index contributed by atoms with van der Waals surface area (Å²) in [4.78, 5) is 24.3. The van der Waals surface area contributed by atoms with E-state index in [9.17, 15) is 18.0 Å². The van der Waals surface area contributed by atoms with Crippen LogP contribution in [0.5, 0.6) is 0 Å². The summed E-state index contributed by atoms with van der Waals surface area (Å²) < 4.78 is 32.4. The Kier molecular flexibility index (Phi) is 6.71. The van der Waals surface area contributed by atoms with E-state index in [0.29, 0.717) is 5.69 Å². The van der Waals surface area contributed by atoms with Crippen molar-refractivity contribution in [3.63, 3.8) is 0 Å². The zero-order valence-electron chi connectivity index (χ0n) is 16.3. The molecule has 1 fully saturated rings. The van der Waals surface area contributed by atoms with Gasteiger partial charge in [-0.25, -0.2) is 17.9 Å². The van der Waals surface area contributed by atoms with Gasteiger partial charge >= 0.3 is 5.97 Å². The molecule has 0 aromatic heterocycles. The lowest BCUT2D eigenvalue weighted by atomic mass is 10.1. The molecule has 30 heavy (non-hydrogen) atoms. The summed E-state index contributed by atoms with van der Waals surface area (Å²) in [5.41, 5.74) is 2.33. The second-order valence-corrected chi connectivity index (χ2v) is 9.66. The third kappa shape index (κ3) is 5.72. The fourth-order valence-corrected chi connectivity index (χ4v) is 4.98. The number of ether oxygens (including phenoxy) is 1. The Bertz CT molecular complexity index is 1090. The lowest BCUT2D eigenvalue weighted by Gasteiger charge is -2.12. The first-order valence-electron chi connectivity index (χ1n) is 9.12. The van der Waals surface area contributed by atoms with Crippen molar-refractivity contribution in [1.82, 2.24) is 4.72 Å². The number of aryl methyl sites for hydroxylation is 2. The van der Waals surface area contributed by atoms with E-state index in [0.717, 1.165) is 36.1 Å². The molecule has 0 heterocycles. The highest BCUT2D eigenvalue weighted by Crippen LogP contribution is 2.31. The monoisotopic (exact) mass is 470 g/mol. The fraction of sp³-hybridized carbons (Fsp3) is 0.300. The number of nitrogens with one attached hydrogen (secondary N) is 2. The van der Waals surface area contributed by atoms with Gasteiger partial charge in [-0.15, -0.1) is 0 Å². The molecule has 1 aliphatic carbocycles. The predicted octanol–water partition coefficient (Wildman–Crippen LogP) is 3.85. The molecular formula is C20H20Cl2N2O5S. The molecule has 0 spiro atoms. The molecule has 0 unspecified atom stereocenters. The van der Waals surface area contributed by atoms with Gasteiger partial charge in [0, 0.05) is 11.7 Å². The first-order valence-corrected chi connectivity index (χ1v) is 11.4. The molecule has 160 valence electrons. The van der Waals surface area contributed by atoms with Crippen molar-refractivity contribution in [3.05, 3.63) is 57.1 Å². The average Bonchev–Trinajstić information content (AvgIpc) is 3.41. The summed E-state index contributed by atoms with van der Waals surface area (Å²) in [7, 11) is -3.91. The maximum absolute atomic E-state index is 12.5. The smallest absolute Gasteiger partial charge is 0.340 e. The van der Waals surface area contributed by atoms with Crippen LogP contribution < -0.4 is 10.0 Å². The topological polar surface area (TPSA) is 102 Å². The molecule has 10 heteroatoms. The van der Waals surface area contributed by atoms with Crippen LogP contribution in [0.4, 0.5) is 5.69 Å². The van der Waals surface area contributed by atoms with Gasteiger partial charge in [0.25, 0.3) is 5.91 Å². The highest BCUT2D eigenvalue weighted by Gasteiger charge is 2.30. The number of benzene rings is 2. The maximum Gasteiger partial charge on any atom is 0.340 e. The Balaban J connectivity index is 1.70. The predicted molar refractivity (Wildman–Crippen MR) is 115 cm³/mol. The minimum absolute atomic E-state index is 0.0786. The van der Waals surface area contributed by atoms with Crippen molar-refractivity contribution in [2.24, 2.45) is 0 Å². The minimum Gasteiger partial charge on any atom is -0.452 e. The van der Waals surface area contributed by atoms with Crippen molar-refractivity contribution in [3.8, 4) is 0 Å². The number of amides is 1. The molecule has 3 rings (SSSR count). The standard InChI is InChI=1S/C20H20Cl2N2O5S/c1-11-5-12(2)7-14(6-11)23-19(25)10-29-20(26)15-8-18(17(22)9-16(15)21)30(27,28)24-13-3-4-13/h5-9,13,24H,3-4,10H2,1-2H3,(H,23,25). The highest BCUT2D eigenvalue weighted by atomic mass is 35.5. The molecule has 0 radical (unpaired) electrons. The number of carbonyl (C=O) groups is 2. The quantitative estimate of drug-likeness (QED) is 0.598. The summed E-state index contributed by atoms with van der Waals surface area (Å²) in [6.45, 7) is 3.23. The summed E-state index contributed by atoms with van der Waals surface area (Å²) in [6, 6.07) is 7.61. The number of sulfonamides is 1. The average molecular weight is 471 g/mol. The Morgan fingerprint density at radius 2 is 1.67 bits per heavy atom. The summed E-state index contributed by atoms with van der Waals surface area (Å²) in [5.74, 6) is -1.48. The van der Waals surface area contributed by atoms with Crippen molar-refractivity contribution in [1.29, 1.82) is 0 Å². The molecule has 0 bridgehead atoms. The number of hydrogen-bond acceptors (Lipinski definition) is 5. The van der Waals surface area contributed by atoms with Crippen LogP contribution in [-0.4, -0.2) is 32.9 Å². The normalized spacial score (nSPS) is 13.7. The lowest BCUT2D eigenvalue weighted by Crippen LogP contribution is -2.26. The fourth-order valence-electron chi connectivity index (χ4n) is 2.83. The molecule has 1 amide bonds. The molecule has 2 N–H and O–H groups in total. The lowest BCUT2D eigenvalue weighted by molar-refractivity contribution is -0.119. The van der Waals surface area contributed by atoms with Crippen LogP contribution in [0.3, 0.4) is 0 Å². The Morgan fingerprint density at radius 3 is 2.27 bits per heavy atom. The van der Waals surface area contributed by atoms with Crippen LogP contribution >= 0.6 is 23.2 Å². The van der Waals surface area contributed by atoms with Crippen LogP contribution in [0, 0.1) is 13.8 Å². The zero-order valence-corrected chi connectivity index (χ0v) is 18.6. The number of hydrogen-bond donors (Lipinski definition) is 2. The number of halogens is 2. The van der Waals surface area contributed by atoms with E-state index in [1.807, 2.05) is 19.9 Å². The molecule has 2 aromatic rings. The Hall–Kier alpha value is -2.13. The molecule has 0 atom stereocenters. The van der Waals surface area contributed by atoms with E-state index < -0.39 is 28.5 Å². The largest absolute Gasteiger partial charge is 0.452 e. The van der Waals surface area contributed by atoms with Crippen LogP contribution in [0.15, 0.2) is 35.2 Å². The molecule has 0 aliphatic heterocycles. The summed E-state index contributed by atoms with van der Waals surface area (Å²) in [5, 5.41) is 2.45. The number of carbonyl (C=O) groups excluding carboxylic acids is 2. The first kappa shape index (κ1) is 22.6. The summed E-state index contributed by atoms with van der Waals surface area (Å²) in [6.07, 6.45) is 1.49. The van der Waals surface area contributed by atoms with Crippen LogP contribution in [0.1, 0.15) is 34.3 Å². The maximum atomic E-state index is 12.5. The Morgan fingerprint density at radius 1 is 1.03 bits per heavy atom. The van der Waals surface area contributed by atoms with E-state index in [2.05, 4.69) is 10.0 Å². The Labute approximate surface area is 184 Å². The molecule has 7 nitrogen and oxygen atoms in total. The van der Waals surface area contributed by atoms with E-state index >= 15 is 0 Å². The SMILES string of the molecule is Cc1cc(C)cc(NC(=O)COC(=O)c2cc(S(=O)(=O)NC3CC3)c(Cl)cc2Cl)c1. The van der Waals surface area contributed by atoms with Gasteiger partial charge in [-0.05, 0) is 62.1 Å². The summed E-state index contributed by atoms with van der Waals surface area (Å²) >= 11 is 12.1. The van der Waals surface area contributed by atoms with Gasteiger partial charge in [0.1, 0.15) is 4.90 Å². The van der Waals surface area contributed by atoms with Gasteiger partial charge in [0.05, 0.1) is 15.6 Å². The van der Waals surface area contributed by atoms with Gasteiger partial charge in [-0.3, -0.25) is 4.79 Å². The molecule has 1 saturated carbocycles. The van der Waals surface area contributed by atoms with E-state index in [-0.39, 0.29) is 26.5 Å². The van der Waals surface area contributed by atoms with Gasteiger partial charge < -0.3 is 10.1 Å². The third-order valence-electron chi connectivity index (χ3n) is 4.27. The molecule has 2 aromatic carbocycles. The van der Waals surface area contributed by atoms with Gasteiger partial charge in [0.2, 0.25) is 10.0 Å². The van der Waals surface area contributed by atoms with Crippen LogP contribution in [0.2, 0.25) is 10.0 Å². The number of esters is 1.